The summed E-state index contributed by atoms with van der Waals surface area (Å²) in [7, 11) is 0. The molecule has 0 aliphatic carbocycles. The van der Waals surface area contributed by atoms with Gasteiger partial charge in [-0.25, -0.2) is 4.98 Å². The third-order valence-corrected chi connectivity index (χ3v) is 5.11. The molecule has 2 aromatic rings. The van der Waals surface area contributed by atoms with Crippen LogP contribution in [-0.2, 0) is 16.7 Å². The van der Waals surface area contributed by atoms with E-state index in [1.807, 2.05) is 17.6 Å². The number of hydrogen-bond acceptors (Lipinski definition) is 4. The molecule has 0 atom stereocenters. The molecule has 112 valence electrons. The van der Waals surface area contributed by atoms with E-state index in [0.717, 1.165) is 49.9 Å². The van der Waals surface area contributed by atoms with E-state index in [1.165, 1.54) is 5.56 Å². The maximum absolute atomic E-state index is 6.45. The molecule has 1 saturated heterocycles. The highest BCUT2D eigenvalue weighted by molar-refractivity contribution is 7.07. The van der Waals surface area contributed by atoms with E-state index in [9.17, 15) is 0 Å². The van der Waals surface area contributed by atoms with E-state index < -0.39 is 0 Å². The summed E-state index contributed by atoms with van der Waals surface area (Å²) in [6.45, 7) is 3.29. The van der Waals surface area contributed by atoms with Crippen LogP contribution in [0.2, 0.25) is 5.02 Å². The zero-order valence-electron chi connectivity index (χ0n) is 11.8. The lowest BCUT2D eigenvalue weighted by molar-refractivity contribution is 0.0498. The molecule has 0 bridgehead atoms. The number of halogens is 1. The molecule has 0 spiro atoms. The summed E-state index contributed by atoms with van der Waals surface area (Å²) in [5, 5.41) is 6.49. The third-order valence-electron chi connectivity index (χ3n) is 4.15. The summed E-state index contributed by atoms with van der Waals surface area (Å²) in [6.07, 6.45) is 2.00. The van der Waals surface area contributed by atoms with Gasteiger partial charge in [-0.2, -0.15) is 0 Å². The smallest absolute Gasteiger partial charge is 0.0795 e. The molecule has 1 aromatic heterocycles. The van der Waals surface area contributed by atoms with Gasteiger partial charge in [0.1, 0.15) is 0 Å². The summed E-state index contributed by atoms with van der Waals surface area (Å²) in [6, 6.07) is 8.19. The fourth-order valence-corrected chi connectivity index (χ4v) is 3.84. The van der Waals surface area contributed by atoms with Crippen molar-refractivity contribution in [3.8, 4) is 0 Å². The topological polar surface area (TPSA) is 34.2 Å². The third kappa shape index (κ3) is 3.46. The lowest BCUT2D eigenvalue weighted by atomic mass is 9.74. The first-order chi connectivity index (χ1) is 10.3. The van der Waals surface area contributed by atoms with Crippen LogP contribution >= 0.6 is 22.9 Å². The Morgan fingerprint density at radius 1 is 1.29 bits per heavy atom. The van der Waals surface area contributed by atoms with Gasteiger partial charge in [0, 0.05) is 42.1 Å². The lowest BCUT2D eigenvalue weighted by Crippen LogP contribution is -2.42. The molecule has 0 unspecified atom stereocenters. The van der Waals surface area contributed by atoms with Gasteiger partial charge >= 0.3 is 0 Å². The molecule has 5 heteroatoms. The first-order valence-electron chi connectivity index (χ1n) is 7.21. The SMILES string of the molecule is Clc1ccccc1C1(CNCc2cscn2)CCOCC1. The Hall–Kier alpha value is -0.940. The maximum Gasteiger partial charge on any atom is 0.0795 e. The Balaban J connectivity index is 1.75. The molecule has 21 heavy (non-hydrogen) atoms. The van der Waals surface area contributed by atoms with E-state index in [4.69, 9.17) is 16.3 Å². The minimum absolute atomic E-state index is 0.0621. The Labute approximate surface area is 134 Å². The highest BCUT2D eigenvalue weighted by Crippen LogP contribution is 2.38. The van der Waals surface area contributed by atoms with Gasteiger partial charge in [-0.05, 0) is 24.5 Å². The Morgan fingerprint density at radius 3 is 2.81 bits per heavy atom. The molecule has 1 aliphatic heterocycles. The van der Waals surface area contributed by atoms with Crippen LogP contribution in [0.3, 0.4) is 0 Å². The molecular formula is C16H19ClN2OS. The van der Waals surface area contributed by atoms with Crippen LogP contribution in [0.25, 0.3) is 0 Å². The van der Waals surface area contributed by atoms with Crippen molar-refractivity contribution < 1.29 is 4.74 Å². The first-order valence-corrected chi connectivity index (χ1v) is 8.53. The van der Waals surface area contributed by atoms with Crippen LogP contribution in [0, 0.1) is 0 Å². The Morgan fingerprint density at radius 2 is 2.10 bits per heavy atom. The predicted molar refractivity (Wildman–Crippen MR) is 87.0 cm³/mol. The molecule has 2 heterocycles. The number of thiazole rings is 1. The molecule has 1 fully saturated rings. The number of benzene rings is 1. The summed E-state index contributed by atoms with van der Waals surface area (Å²) < 4.78 is 5.56. The van der Waals surface area contributed by atoms with Crippen molar-refractivity contribution >= 4 is 22.9 Å². The molecule has 0 radical (unpaired) electrons. The number of ether oxygens (including phenoxy) is 1. The van der Waals surface area contributed by atoms with Crippen molar-refractivity contribution in [3.63, 3.8) is 0 Å². The normalized spacial score (nSPS) is 17.8. The highest BCUT2D eigenvalue weighted by atomic mass is 35.5. The van der Waals surface area contributed by atoms with Crippen molar-refractivity contribution in [2.75, 3.05) is 19.8 Å². The second kappa shape index (κ2) is 6.88. The lowest BCUT2D eigenvalue weighted by Gasteiger charge is -2.38. The molecular weight excluding hydrogens is 304 g/mol. The van der Waals surface area contributed by atoms with E-state index in [-0.39, 0.29) is 5.41 Å². The van der Waals surface area contributed by atoms with E-state index in [1.54, 1.807) is 11.3 Å². The maximum atomic E-state index is 6.45. The average molecular weight is 323 g/mol. The second-order valence-corrected chi connectivity index (χ2v) is 6.58. The average Bonchev–Trinajstić information content (AvgIpc) is 3.02. The van der Waals surface area contributed by atoms with Crippen molar-refractivity contribution in [2.45, 2.75) is 24.8 Å². The van der Waals surface area contributed by atoms with Gasteiger partial charge in [0.05, 0.1) is 11.2 Å². The molecule has 1 aliphatic rings. The van der Waals surface area contributed by atoms with Gasteiger partial charge in [0.15, 0.2) is 0 Å². The highest BCUT2D eigenvalue weighted by Gasteiger charge is 2.35. The Kier molecular flexibility index (Phi) is 4.91. The van der Waals surface area contributed by atoms with E-state index >= 15 is 0 Å². The molecule has 0 saturated carbocycles. The van der Waals surface area contributed by atoms with Gasteiger partial charge in [0.2, 0.25) is 0 Å². The largest absolute Gasteiger partial charge is 0.381 e. The Bertz CT molecular complexity index is 567. The number of nitrogens with one attached hydrogen (secondary N) is 1. The molecule has 3 nitrogen and oxygen atoms in total. The molecule has 0 amide bonds. The van der Waals surface area contributed by atoms with Crippen LogP contribution in [0.15, 0.2) is 35.2 Å². The van der Waals surface area contributed by atoms with Crippen LogP contribution in [0.5, 0.6) is 0 Å². The van der Waals surface area contributed by atoms with Crippen molar-refractivity contribution in [1.82, 2.24) is 10.3 Å². The zero-order chi connectivity index (χ0) is 14.5. The van der Waals surface area contributed by atoms with Crippen molar-refractivity contribution in [1.29, 1.82) is 0 Å². The van der Waals surface area contributed by atoms with Crippen LogP contribution in [0.1, 0.15) is 24.1 Å². The zero-order valence-corrected chi connectivity index (χ0v) is 13.4. The van der Waals surface area contributed by atoms with E-state index in [0.29, 0.717) is 0 Å². The van der Waals surface area contributed by atoms with Gasteiger partial charge in [-0.1, -0.05) is 29.8 Å². The van der Waals surface area contributed by atoms with Gasteiger partial charge in [-0.3, -0.25) is 0 Å². The van der Waals surface area contributed by atoms with Gasteiger partial charge < -0.3 is 10.1 Å². The quantitative estimate of drug-likeness (QED) is 0.912. The van der Waals surface area contributed by atoms with Crippen molar-refractivity contribution in [2.24, 2.45) is 0 Å². The molecule has 1 aromatic carbocycles. The summed E-state index contributed by atoms with van der Waals surface area (Å²) in [4.78, 5) is 4.32. The predicted octanol–water partition coefficient (Wildman–Crippen LogP) is 3.63. The number of nitrogens with zero attached hydrogens (tertiary/aromatic N) is 1. The standard InChI is InChI=1S/C16H19ClN2OS/c17-15-4-2-1-3-14(15)16(5-7-20-8-6-16)11-18-9-13-10-21-12-19-13/h1-4,10,12,18H,5-9,11H2. The fraction of sp³-hybridized carbons (Fsp3) is 0.438. The van der Waals surface area contributed by atoms with Crippen molar-refractivity contribution in [3.05, 3.63) is 51.4 Å². The van der Waals surface area contributed by atoms with Crippen LogP contribution in [-0.4, -0.2) is 24.7 Å². The first kappa shape index (κ1) is 15.0. The van der Waals surface area contributed by atoms with Crippen LogP contribution in [0.4, 0.5) is 0 Å². The van der Waals surface area contributed by atoms with E-state index in [2.05, 4.69) is 27.8 Å². The minimum Gasteiger partial charge on any atom is -0.381 e. The van der Waals surface area contributed by atoms with Crippen LogP contribution < -0.4 is 5.32 Å². The fourth-order valence-electron chi connectivity index (χ4n) is 2.95. The summed E-state index contributed by atoms with van der Waals surface area (Å²) in [5.41, 5.74) is 4.27. The molecule has 3 rings (SSSR count). The monoisotopic (exact) mass is 322 g/mol. The second-order valence-electron chi connectivity index (χ2n) is 5.46. The van der Waals surface area contributed by atoms with Gasteiger partial charge in [-0.15, -0.1) is 11.3 Å². The summed E-state index contributed by atoms with van der Waals surface area (Å²) >= 11 is 8.08. The minimum atomic E-state index is 0.0621. The number of rotatable bonds is 5. The number of hydrogen-bond donors (Lipinski definition) is 1. The number of aromatic nitrogens is 1. The summed E-state index contributed by atoms with van der Waals surface area (Å²) in [5.74, 6) is 0. The van der Waals surface area contributed by atoms with Gasteiger partial charge in [0.25, 0.3) is 0 Å². The molecule has 1 N–H and O–H groups in total.